The number of benzene rings is 2. The molecule has 0 spiro atoms. The first-order valence-electron chi connectivity index (χ1n) is 11.9. The van der Waals surface area contributed by atoms with Crippen LogP contribution in [0.15, 0.2) is 53.4 Å². The highest BCUT2D eigenvalue weighted by Crippen LogP contribution is 2.34. The van der Waals surface area contributed by atoms with Crippen molar-refractivity contribution in [2.45, 2.75) is 50.7 Å². The minimum atomic E-state index is -3.92. The van der Waals surface area contributed by atoms with Crippen LogP contribution in [0.4, 0.5) is 0 Å². The number of unbranched alkanes of at least 4 members (excludes halogenated alkanes) is 1. The second-order valence-corrected chi connectivity index (χ2v) is 10.9. The molecule has 0 aliphatic carbocycles. The number of carbonyl (C=O) groups excluding carboxylic acids is 1. The topological polar surface area (TPSA) is 87.2 Å². The van der Waals surface area contributed by atoms with E-state index < -0.39 is 22.2 Å². The van der Waals surface area contributed by atoms with Gasteiger partial charge in [0.1, 0.15) is 16.7 Å². The fraction of sp³-hybridized carbons (Fsp3) is 0.444. The number of ether oxygens (including phenoxy) is 1. The summed E-state index contributed by atoms with van der Waals surface area (Å²) < 4.78 is 34.7. The Morgan fingerprint density at radius 3 is 2.63 bits per heavy atom. The van der Waals surface area contributed by atoms with E-state index in [1.54, 1.807) is 43.1 Å². The minimum absolute atomic E-state index is 0.0350. The summed E-state index contributed by atoms with van der Waals surface area (Å²) in [7, 11) is -2.21. The summed E-state index contributed by atoms with van der Waals surface area (Å²) in [6.45, 7) is 5.73. The summed E-state index contributed by atoms with van der Waals surface area (Å²) in [4.78, 5) is 14.6. The van der Waals surface area contributed by atoms with Crippen LogP contribution in [0, 0.1) is 17.8 Å². The van der Waals surface area contributed by atoms with Crippen LogP contribution in [-0.4, -0.2) is 67.5 Å². The number of hydrogen-bond donors (Lipinski definition) is 1. The predicted molar refractivity (Wildman–Crippen MR) is 136 cm³/mol. The van der Waals surface area contributed by atoms with Crippen LogP contribution >= 0.6 is 0 Å². The lowest BCUT2D eigenvalue weighted by Crippen LogP contribution is -2.50. The molecule has 2 aromatic rings. The van der Waals surface area contributed by atoms with Gasteiger partial charge in [-0.2, -0.15) is 4.31 Å². The Morgan fingerprint density at radius 2 is 1.97 bits per heavy atom. The number of carbonyl (C=O) groups is 1. The van der Waals surface area contributed by atoms with Crippen molar-refractivity contribution < 1.29 is 23.1 Å². The van der Waals surface area contributed by atoms with E-state index in [1.807, 2.05) is 32.0 Å². The van der Waals surface area contributed by atoms with Gasteiger partial charge in [0.2, 0.25) is 10.0 Å². The molecule has 0 fully saturated rings. The van der Waals surface area contributed by atoms with Crippen LogP contribution in [0.25, 0.3) is 0 Å². The number of likely N-dealkylation sites (N-methyl/N-ethyl adjacent to an activating group) is 1. The van der Waals surface area contributed by atoms with E-state index in [4.69, 9.17) is 4.74 Å². The smallest absolute Gasteiger partial charge is 0.253 e. The molecule has 1 heterocycles. The number of amides is 1. The molecule has 0 saturated carbocycles. The highest BCUT2D eigenvalue weighted by molar-refractivity contribution is 7.89. The zero-order valence-corrected chi connectivity index (χ0v) is 21.6. The lowest BCUT2D eigenvalue weighted by molar-refractivity contribution is 0.0563. The quantitative estimate of drug-likeness (QED) is 0.617. The number of fused-ring (bicyclic) bond motifs is 1. The van der Waals surface area contributed by atoms with Crippen molar-refractivity contribution in [3.63, 3.8) is 0 Å². The van der Waals surface area contributed by atoms with Gasteiger partial charge in [-0.1, -0.05) is 43.9 Å². The lowest BCUT2D eigenvalue weighted by atomic mass is 10.0. The highest BCUT2D eigenvalue weighted by Gasteiger charge is 2.38. The van der Waals surface area contributed by atoms with Crippen molar-refractivity contribution in [3.05, 3.63) is 59.7 Å². The molecule has 1 N–H and O–H groups in total. The summed E-state index contributed by atoms with van der Waals surface area (Å²) in [5.74, 6) is 5.95. The standard InChI is InChI=1S/C27H34N2O5S/c1-5-6-8-11-22-14-15-26-24(16-22)34-25(18-28(4)27(31)23-12-9-7-10-13-23)20(2)17-29(21(3)19-30)35(26,32)33/h7,9-10,12-16,20-21,25,30H,5-6,17-19H2,1-4H3/t20-,21-,25+/m1/s1. The van der Waals surface area contributed by atoms with Gasteiger partial charge >= 0.3 is 0 Å². The predicted octanol–water partition coefficient (Wildman–Crippen LogP) is 3.38. The average Bonchev–Trinajstić information content (AvgIpc) is 2.85. The normalized spacial score (nSPS) is 20.3. The van der Waals surface area contributed by atoms with Gasteiger partial charge in [0.25, 0.3) is 5.91 Å². The summed E-state index contributed by atoms with van der Waals surface area (Å²) in [6.07, 6.45) is 1.19. The number of aliphatic hydroxyl groups excluding tert-OH is 1. The number of hydrogen-bond acceptors (Lipinski definition) is 5. The Hall–Kier alpha value is -2.86. The molecule has 0 saturated heterocycles. The molecule has 0 aromatic heterocycles. The number of aliphatic hydroxyl groups is 1. The molecule has 1 aliphatic rings. The lowest BCUT2D eigenvalue weighted by Gasteiger charge is -2.37. The van der Waals surface area contributed by atoms with Crippen LogP contribution < -0.4 is 4.74 Å². The van der Waals surface area contributed by atoms with Gasteiger partial charge in [0.15, 0.2) is 0 Å². The van der Waals surface area contributed by atoms with E-state index in [0.717, 1.165) is 12.8 Å². The van der Waals surface area contributed by atoms with Crippen LogP contribution in [0.1, 0.15) is 49.5 Å². The SMILES string of the molecule is CCCC#Cc1ccc2c(c1)O[C@@H](CN(C)C(=O)c1ccccc1)[C@H](C)CN([C@H](C)CO)S2(=O)=O. The molecule has 1 aliphatic heterocycles. The third-order valence-electron chi connectivity index (χ3n) is 6.10. The van der Waals surface area contributed by atoms with Gasteiger partial charge in [-0.05, 0) is 43.7 Å². The van der Waals surface area contributed by atoms with Gasteiger partial charge in [-0.15, -0.1) is 0 Å². The number of rotatable bonds is 6. The van der Waals surface area contributed by atoms with Crippen molar-refractivity contribution in [1.29, 1.82) is 0 Å². The zero-order chi connectivity index (χ0) is 25.6. The molecule has 0 bridgehead atoms. The molecule has 3 rings (SSSR count). The third kappa shape index (κ3) is 6.23. The van der Waals surface area contributed by atoms with E-state index in [1.165, 1.54) is 10.4 Å². The maximum absolute atomic E-state index is 13.6. The molecule has 35 heavy (non-hydrogen) atoms. The fourth-order valence-corrected chi connectivity index (χ4v) is 5.79. The molecule has 8 heteroatoms. The van der Waals surface area contributed by atoms with E-state index in [0.29, 0.717) is 11.1 Å². The van der Waals surface area contributed by atoms with E-state index in [-0.39, 0.29) is 42.2 Å². The average molecular weight is 499 g/mol. The second-order valence-electron chi connectivity index (χ2n) is 9.00. The van der Waals surface area contributed by atoms with E-state index >= 15 is 0 Å². The summed E-state index contributed by atoms with van der Waals surface area (Å²) in [6, 6.07) is 13.2. The first-order valence-corrected chi connectivity index (χ1v) is 13.4. The molecule has 188 valence electrons. The van der Waals surface area contributed by atoms with Crippen molar-refractivity contribution in [2.24, 2.45) is 5.92 Å². The largest absolute Gasteiger partial charge is 0.487 e. The van der Waals surface area contributed by atoms with Crippen LogP contribution in [0.5, 0.6) is 5.75 Å². The van der Waals surface area contributed by atoms with Gasteiger partial charge in [0.05, 0.1) is 13.2 Å². The molecule has 7 nitrogen and oxygen atoms in total. The Bertz CT molecular complexity index is 1190. The van der Waals surface area contributed by atoms with Crippen LogP contribution in [0.2, 0.25) is 0 Å². The van der Waals surface area contributed by atoms with Crippen LogP contribution in [-0.2, 0) is 10.0 Å². The van der Waals surface area contributed by atoms with Crippen molar-refractivity contribution in [3.8, 4) is 17.6 Å². The maximum Gasteiger partial charge on any atom is 0.253 e. The highest BCUT2D eigenvalue weighted by atomic mass is 32.2. The summed E-state index contributed by atoms with van der Waals surface area (Å²) >= 11 is 0. The molecule has 0 radical (unpaired) electrons. The molecule has 0 unspecified atom stereocenters. The van der Waals surface area contributed by atoms with Gasteiger partial charge in [0, 0.05) is 43.1 Å². The van der Waals surface area contributed by atoms with Crippen molar-refractivity contribution in [2.75, 3.05) is 26.7 Å². The second kappa shape index (κ2) is 11.7. The van der Waals surface area contributed by atoms with E-state index in [2.05, 4.69) is 11.8 Å². The molecule has 1 amide bonds. The zero-order valence-electron chi connectivity index (χ0n) is 20.8. The van der Waals surface area contributed by atoms with E-state index in [9.17, 15) is 18.3 Å². The molecule has 2 aromatic carbocycles. The Balaban J connectivity index is 2.01. The summed E-state index contributed by atoms with van der Waals surface area (Å²) in [5.41, 5.74) is 1.23. The van der Waals surface area contributed by atoms with Gasteiger partial charge in [-0.25, -0.2) is 8.42 Å². The van der Waals surface area contributed by atoms with Crippen molar-refractivity contribution >= 4 is 15.9 Å². The van der Waals surface area contributed by atoms with Gasteiger partial charge in [-0.3, -0.25) is 4.79 Å². The van der Waals surface area contributed by atoms with Gasteiger partial charge < -0.3 is 14.7 Å². The Kier molecular flexibility index (Phi) is 8.95. The first-order chi connectivity index (χ1) is 16.7. The number of nitrogens with zero attached hydrogens (tertiary/aromatic N) is 2. The molecular weight excluding hydrogens is 464 g/mol. The third-order valence-corrected chi connectivity index (χ3v) is 8.12. The Morgan fingerprint density at radius 1 is 1.26 bits per heavy atom. The van der Waals surface area contributed by atoms with Crippen LogP contribution in [0.3, 0.4) is 0 Å². The fourth-order valence-electron chi connectivity index (χ4n) is 3.96. The first kappa shape index (κ1) is 26.7. The van der Waals surface area contributed by atoms with Crippen molar-refractivity contribution in [1.82, 2.24) is 9.21 Å². The molecule has 3 atom stereocenters. The number of sulfonamides is 1. The Labute approximate surface area is 208 Å². The monoisotopic (exact) mass is 498 g/mol. The summed E-state index contributed by atoms with van der Waals surface area (Å²) in [5, 5.41) is 9.78. The minimum Gasteiger partial charge on any atom is -0.487 e. The molecular formula is C27H34N2O5S. The maximum atomic E-state index is 13.6.